The first-order valence-corrected chi connectivity index (χ1v) is 8.31. The van der Waals surface area contributed by atoms with Crippen molar-refractivity contribution in [1.82, 2.24) is 15.2 Å². The van der Waals surface area contributed by atoms with Gasteiger partial charge in [0, 0.05) is 25.9 Å². The highest BCUT2D eigenvalue weighted by atomic mass is 79.9. The lowest BCUT2D eigenvalue weighted by Gasteiger charge is -2.21. The van der Waals surface area contributed by atoms with Crippen LogP contribution in [-0.4, -0.2) is 41.8 Å². The number of likely N-dealkylation sites (N-methyl/N-ethyl adjacent to an activating group) is 1. The summed E-state index contributed by atoms with van der Waals surface area (Å²) in [6.07, 6.45) is 0.441. The van der Waals surface area contributed by atoms with Gasteiger partial charge in [-0.3, -0.25) is 9.59 Å². The van der Waals surface area contributed by atoms with Crippen molar-refractivity contribution in [2.24, 2.45) is 0 Å². The van der Waals surface area contributed by atoms with Crippen LogP contribution in [-0.2, 0) is 11.2 Å². The lowest BCUT2D eigenvalue weighted by atomic mass is 10.0. The van der Waals surface area contributed by atoms with Gasteiger partial charge in [0.15, 0.2) is 5.01 Å². The van der Waals surface area contributed by atoms with Crippen molar-refractivity contribution in [2.75, 3.05) is 14.1 Å². The lowest BCUT2D eigenvalue weighted by molar-refractivity contribution is -0.130. The Kier molecular flexibility index (Phi) is 5.68. The maximum Gasteiger partial charge on any atom is 0.280 e. The number of aromatic nitrogens is 1. The van der Waals surface area contributed by atoms with Crippen LogP contribution in [0.25, 0.3) is 0 Å². The summed E-state index contributed by atoms with van der Waals surface area (Å²) in [7, 11) is 3.35. The molecular weight excluding hydrogens is 366 g/mol. The lowest BCUT2D eigenvalue weighted by Crippen LogP contribution is -2.47. The Morgan fingerprint density at radius 2 is 2.00 bits per heavy atom. The molecule has 1 aromatic heterocycles. The zero-order valence-electron chi connectivity index (χ0n) is 12.2. The highest BCUT2D eigenvalue weighted by molar-refractivity contribution is 9.10. The molecule has 0 aliphatic heterocycles. The minimum Gasteiger partial charge on any atom is -0.347 e. The Labute approximate surface area is 141 Å². The average molecular weight is 382 g/mol. The van der Waals surface area contributed by atoms with Crippen molar-refractivity contribution in [3.05, 3.63) is 50.9 Å². The predicted octanol–water partition coefficient (Wildman–Crippen LogP) is 2.33. The van der Waals surface area contributed by atoms with Gasteiger partial charge in [0.25, 0.3) is 5.91 Å². The van der Waals surface area contributed by atoms with Crippen LogP contribution in [0, 0.1) is 0 Å². The first-order valence-electron chi connectivity index (χ1n) is 6.64. The molecule has 0 fully saturated rings. The monoisotopic (exact) mass is 381 g/mol. The largest absolute Gasteiger partial charge is 0.347 e. The summed E-state index contributed by atoms with van der Waals surface area (Å²) in [6.45, 7) is 0. The molecule has 1 heterocycles. The van der Waals surface area contributed by atoms with Crippen molar-refractivity contribution >= 4 is 39.1 Å². The summed E-state index contributed by atoms with van der Waals surface area (Å²) < 4.78 is 0.612. The highest BCUT2D eigenvalue weighted by Crippen LogP contribution is 2.15. The second-order valence-corrected chi connectivity index (χ2v) is 6.59. The SMILES string of the molecule is CN(C)C(=O)[C@@H](Cc1ccccc1)NC(=O)c1nc(Br)cs1. The number of benzene rings is 1. The van der Waals surface area contributed by atoms with E-state index in [1.807, 2.05) is 30.3 Å². The highest BCUT2D eigenvalue weighted by Gasteiger charge is 2.24. The molecule has 0 radical (unpaired) electrons. The van der Waals surface area contributed by atoms with Crippen molar-refractivity contribution in [3.63, 3.8) is 0 Å². The fourth-order valence-corrected chi connectivity index (χ4v) is 3.09. The molecule has 7 heteroatoms. The molecule has 0 spiro atoms. The van der Waals surface area contributed by atoms with Gasteiger partial charge in [-0.25, -0.2) is 4.98 Å². The standard InChI is InChI=1S/C15H16BrN3O2S/c1-19(2)15(21)11(8-10-6-4-3-5-7-10)17-13(20)14-18-12(16)9-22-14/h3-7,9,11H,8H2,1-2H3,(H,17,20)/t11-/m1/s1. The van der Waals surface area contributed by atoms with Crippen LogP contribution in [0.5, 0.6) is 0 Å². The first-order chi connectivity index (χ1) is 10.5. The fraction of sp³-hybridized carbons (Fsp3) is 0.267. The number of hydrogen-bond donors (Lipinski definition) is 1. The number of hydrogen-bond acceptors (Lipinski definition) is 4. The molecule has 2 aromatic rings. The van der Waals surface area contributed by atoms with E-state index < -0.39 is 6.04 Å². The number of carbonyl (C=O) groups excluding carboxylic acids is 2. The second kappa shape index (κ2) is 7.51. The number of halogens is 1. The summed E-state index contributed by atoms with van der Waals surface area (Å²) in [4.78, 5) is 30.1. The number of nitrogens with one attached hydrogen (secondary N) is 1. The number of rotatable bonds is 5. The molecule has 1 atom stereocenters. The van der Waals surface area contributed by atoms with Crippen LogP contribution in [0.2, 0.25) is 0 Å². The Morgan fingerprint density at radius 1 is 1.32 bits per heavy atom. The van der Waals surface area contributed by atoms with E-state index in [-0.39, 0.29) is 11.8 Å². The normalized spacial score (nSPS) is 11.8. The van der Waals surface area contributed by atoms with E-state index in [1.54, 1.807) is 19.5 Å². The van der Waals surface area contributed by atoms with Crippen molar-refractivity contribution < 1.29 is 9.59 Å². The Morgan fingerprint density at radius 3 is 2.55 bits per heavy atom. The zero-order valence-corrected chi connectivity index (χ0v) is 14.6. The van der Waals surface area contributed by atoms with Crippen molar-refractivity contribution in [2.45, 2.75) is 12.5 Å². The maximum atomic E-state index is 12.3. The van der Waals surface area contributed by atoms with Gasteiger partial charge in [-0.15, -0.1) is 11.3 Å². The Balaban J connectivity index is 2.14. The molecule has 0 aliphatic carbocycles. The van der Waals surface area contributed by atoms with Crippen LogP contribution in [0.4, 0.5) is 0 Å². The molecule has 2 amide bonds. The van der Waals surface area contributed by atoms with Crippen LogP contribution in [0.15, 0.2) is 40.3 Å². The number of thiazole rings is 1. The van der Waals surface area contributed by atoms with Crippen molar-refractivity contribution in [3.8, 4) is 0 Å². The van der Waals surface area contributed by atoms with Gasteiger partial charge >= 0.3 is 0 Å². The van der Waals surface area contributed by atoms with E-state index in [0.29, 0.717) is 16.0 Å². The molecule has 0 unspecified atom stereocenters. The van der Waals surface area contributed by atoms with E-state index >= 15 is 0 Å². The van der Waals surface area contributed by atoms with E-state index in [9.17, 15) is 9.59 Å². The average Bonchev–Trinajstić information content (AvgIpc) is 2.93. The third kappa shape index (κ3) is 4.38. The molecule has 0 saturated carbocycles. The first kappa shape index (κ1) is 16.6. The quantitative estimate of drug-likeness (QED) is 0.864. The Bertz CT molecular complexity index is 658. The van der Waals surface area contributed by atoms with Crippen molar-refractivity contribution in [1.29, 1.82) is 0 Å². The predicted molar refractivity (Wildman–Crippen MR) is 89.9 cm³/mol. The van der Waals surface area contributed by atoms with Gasteiger partial charge in [-0.2, -0.15) is 0 Å². The van der Waals surface area contributed by atoms with Gasteiger partial charge in [0.1, 0.15) is 10.6 Å². The summed E-state index contributed by atoms with van der Waals surface area (Å²) in [5.41, 5.74) is 0.989. The third-order valence-corrected chi connectivity index (χ3v) is 4.55. The number of nitrogens with zero attached hydrogens (tertiary/aromatic N) is 2. The molecule has 22 heavy (non-hydrogen) atoms. The van der Waals surface area contributed by atoms with Crippen LogP contribution >= 0.6 is 27.3 Å². The zero-order chi connectivity index (χ0) is 16.1. The molecular formula is C15H16BrN3O2S. The fourth-order valence-electron chi connectivity index (χ4n) is 1.94. The van der Waals surface area contributed by atoms with Gasteiger partial charge in [-0.05, 0) is 21.5 Å². The molecule has 1 N–H and O–H groups in total. The Hall–Kier alpha value is -1.73. The molecule has 0 saturated heterocycles. The van der Waals surface area contributed by atoms with Crippen LogP contribution in [0.3, 0.4) is 0 Å². The smallest absolute Gasteiger partial charge is 0.280 e. The maximum absolute atomic E-state index is 12.3. The van der Waals surface area contributed by atoms with E-state index in [2.05, 4.69) is 26.2 Å². The number of amides is 2. The minimum atomic E-state index is -0.618. The van der Waals surface area contributed by atoms with Gasteiger partial charge in [0.2, 0.25) is 5.91 Å². The summed E-state index contributed by atoms with van der Waals surface area (Å²) in [5.74, 6) is -0.486. The molecule has 116 valence electrons. The van der Waals surface area contributed by atoms with E-state index in [0.717, 1.165) is 5.56 Å². The number of carbonyl (C=O) groups is 2. The van der Waals surface area contributed by atoms with Gasteiger partial charge in [0.05, 0.1) is 0 Å². The molecule has 1 aromatic carbocycles. The molecule has 2 rings (SSSR count). The topological polar surface area (TPSA) is 62.3 Å². The van der Waals surface area contributed by atoms with E-state index in [4.69, 9.17) is 0 Å². The molecule has 5 nitrogen and oxygen atoms in total. The summed E-state index contributed by atoms with van der Waals surface area (Å²) in [6, 6.07) is 8.98. The van der Waals surface area contributed by atoms with Gasteiger partial charge < -0.3 is 10.2 Å². The molecule has 0 bridgehead atoms. The minimum absolute atomic E-state index is 0.146. The van der Waals surface area contributed by atoms with Crippen LogP contribution in [0.1, 0.15) is 15.4 Å². The molecule has 0 aliphatic rings. The summed E-state index contributed by atoms with van der Waals surface area (Å²) in [5, 5.41) is 4.83. The summed E-state index contributed by atoms with van der Waals surface area (Å²) >= 11 is 4.45. The van der Waals surface area contributed by atoms with Crippen LogP contribution < -0.4 is 5.32 Å². The third-order valence-electron chi connectivity index (χ3n) is 3.00. The van der Waals surface area contributed by atoms with E-state index in [1.165, 1.54) is 16.2 Å². The second-order valence-electron chi connectivity index (χ2n) is 4.92. The van der Waals surface area contributed by atoms with Gasteiger partial charge in [-0.1, -0.05) is 30.3 Å².